The van der Waals surface area contributed by atoms with E-state index in [2.05, 4.69) is 0 Å². The van der Waals surface area contributed by atoms with E-state index in [-0.39, 0.29) is 157 Å². The largest absolute Gasteiger partial charge is 3.00 e. The van der Waals surface area contributed by atoms with Crippen LogP contribution < -0.4 is 0 Å². The van der Waals surface area contributed by atoms with Crippen LogP contribution in [0.1, 0.15) is 0 Å². The third kappa shape index (κ3) is 119. The molecular weight excluding hydrogens is 408 g/mol. The Morgan fingerprint density at radius 3 is 0.273 bits per heavy atom. The van der Waals surface area contributed by atoms with E-state index >= 15 is 0 Å². The van der Waals surface area contributed by atoms with Crippen molar-refractivity contribution in [2.45, 2.75) is 0 Å². The zero-order valence-corrected chi connectivity index (χ0v) is 16.9. The first-order chi connectivity index (χ1) is 0. The molecular formula is Al5As3O3. The van der Waals surface area contributed by atoms with Gasteiger partial charge in [0.25, 0.3) is 0 Å². The first-order valence-electron chi connectivity index (χ1n) is 0. The zero-order valence-electron chi connectivity index (χ0n) is 5.45. The van der Waals surface area contributed by atoms with Gasteiger partial charge in [0.15, 0.2) is 0 Å². The molecule has 0 aromatic carbocycles. The Balaban J connectivity index is 0. The molecule has 0 radical (unpaired) electrons. The summed E-state index contributed by atoms with van der Waals surface area (Å²) >= 11 is 0. The molecule has 0 spiro atoms. The summed E-state index contributed by atoms with van der Waals surface area (Å²) in [4.78, 5) is 0. The molecule has 0 aliphatic heterocycles. The van der Waals surface area contributed by atoms with E-state index in [0.717, 1.165) is 0 Å². The van der Waals surface area contributed by atoms with E-state index in [4.69, 9.17) is 0 Å². The minimum absolute atomic E-state index is 0. The molecule has 0 rings (SSSR count). The molecule has 48 valence electrons. The summed E-state index contributed by atoms with van der Waals surface area (Å²) in [7, 11) is 0. The van der Waals surface area contributed by atoms with Crippen LogP contribution in [0.4, 0.5) is 0 Å². The Hall–Kier alpha value is 4.22. The van der Waals surface area contributed by atoms with Crippen LogP contribution in [0.2, 0.25) is 0 Å². The topological polar surface area (TPSA) is 85.5 Å². The predicted molar refractivity (Wildman–Crippen MR) is 48.1 cm³/mol. The molecule has 0 aromatic rings. The third-order valence-corrected chi connectivity index (χ3v) is 0. The van der Waals surface area contributed by atoms with Gasteiger partial charge in [-0.1, -0.05) is 0 Å². The predicted octanol–water partition coefficient (Wildman–Crippen LogP) is -3.40. The monoisotopic (exact) mass is 408 g/mol. The molecule has 0 aliphatic rings. The smallest absolute Gasteiger partial charge is 3.00 e. The second kappa shape index (κ2) is 140. The second-order valence-electron chi connectivity index (χ2n) is 0. The van der Waals surface area contributed by atoms with Crippen molar-refractivity contribution < 1.29 is 16.4 Å². The molecule has 0 unspecified atom stereocenters. The molecule has 0 aromatic heterocycles. The van der Waals surface area contributed by atoms with Crippen molar-refractivity contribution >= 4 is 141 Å². The van der Waals surface area contributed by atoms with E-state index in [0.29, 0.717) is 0 Å². The van der Waals surface area contributed by atoms with E-state index in [1.54, 1.807) is 0 Å². The molecule has 0 saturated carbocycles. The summed E-state index contributed by atoms with van der Waals surface area (Å²) in [5.74, 6) is 0. The Morgan fingerprint density at radius 2 is 0.273 bits per heavy atom. The minimum atomic E-state index is 0. The molecule has 11 heavy (non-hydrogen) atoms. The van der Waals surface area contributed by atoms with Gasteiger partial charge in [0.2, 0.25) is 0 Å². The maximum atomic E-state index is 0. The summed E-state index contributed by atoms with van der Waals surface area (Å²) in [5.41, 5.74) is 0. The fourth-order valence-corrected chi connectivity index (χ4v) is 0. The first-order valence-corrected chi connectivity index (χ1v) is 0. The van der Waals surface area contributed by atoms with Crippen LogP contribution in [0.3, 0.4) is 0 Å². The van der Waals surface area contributed by atoms with Crippen LogP contribution in [0.5, 0.6) is 0 Å². The van der Waals surface area contributed by atoms with Gasteiger partial charge in [-0.05, 0) is 0 Å². The van der Waals surface area contributed by atoms with Gasteiger partial charge in [-0.25, -0.2) is 0 Å². The van der Waals surface area contributed by atoms with Gasteiger partial charge in [-0.15, -0.1) is 0 Å². The SMILES string of the molecule is [Al+3].[Al+3].[Al+3].[Al+3].[Al+3].[As-3].[As-3].[As-3].[O-2].[O-2].[O-2]. The fraction of sp³-hybridized carbons (Fsp3) is 0. The molecule has 11 heteroatoms. The van der Waals surface area contributed by atoms with Crippen molar-refractivity contribution in [1.82, 2.24) is 0 Å². The van der Waals surface area contributed by atoms with Crippen LogP contribution in [-0.4, -0.2) is 141 Å². The number of hydrogen-bond acceptors (Lipinski definition) is 0. The Bertz CT molecular complexity index is 16.9. The summed E-state index contributed by atoms with van der Waals surface area (Å²) in [6.07, 6.45) is 0. The van der Waals surface area contributed by atoms with Crippen LogP contribution in [0.15, 0.2) is 0 Å². The van der Waals surface area contributed by atoms with Crippen molar-refractivity contribution in [2.75, 3.05) is 0 Å². The van der Waals surface area contributed by atoms with Crippen LogP contribution in [0.25, 0.3) is 0 Å². The third-order valence-electron chi connectivity index (χ3n) is 0. The molecule has 0 saturated heterocycles. The van der Waals surface area contributed by atoms with Gasteiger partial charge in [0.1, 0.15) is 0 Å². The van der Waals surface area contributed by atoms with E-state index in [1.807, 2.05) is 0 Å². The van der Waals surface area contributed by atoms with Crippen molar-refractivity contribution in [1.29, 1.82) is 0 Å². The number of rotatable bonds is 0. The van der Waals surface area contributed by atoms with E-state index in [1.165, 1.54) is 0 Å². The van der Waals surface area contributed by atoms with Gasteiger partial charge in [0.05, 0.1) is 0 Å². The molecule has 0 N–H and O–H groups in total. The molecule has 0 heterocycles. The van der Waals surface area contributed by atoms with Crippen LogP contribution >= 0.6 is 0 Å². The molecule has 0 aliphatic carbocycles. The quantitative estimate of drug-likeness (QED) is 0.375. The van der Waals surface area contributed by atoms with Crippen molar-refractivity contribution in [3.05, 3.63) is 0 Å². The molecule has 0 atom stereocenters. The van der Waals surface area contributed by atoms with Gasteiger partial charge in [0, 0.05) is 0 Å². The summed E-state index contributed by atoms with van der Waals surface area (Å²) in [5, 5.41) is 0. The fourth-order valence-electron chi connectivity index (χ4n) is 0. The minimum Gasteiger partial charge on any atom is -3.00 e. The Kier molecular flexibility index (Phi) is 2200. The zero-order chi connectivity index (χ0) is 0. The normalized spacial score (nSPS) is 0. The van der Waals surface area contributed by atoms with Crippen molar-refractivity contribution in [3.63, 3.8) is 0 Å². The average Bonchev–Trinajstić information content (AvgIpc) is 0. The summed E-state index contributed by atoms with van der Waals surface area (Å²) < 4.78 is 0. The van der Waals surface area contributed by atoms with Crippen molar-refractivity contribution in [2.24, 2.45) is 0 Å². The van der Waals surface area contributed by atoms with Gasteiger partial charge >= 0.3 is 86.8 Å². The maximum Gasteiger partial charge on any atom is 3.00 e. The Morgan fingerprint density at radius 1 is 0.273 bits per heavy atom. The number of hydrogen-bond donors (Lipinski definition) is 0. The van der Waals surface area contributed by atoms with Gasteiger partial charge < -0.3 is 70.3 Å². The molecule has 0 amide bonds. The first kappa shape index (κ1) is 173. The van der Waals surface area contributed by atoms with Crippen molar-refractivity contribution in [3.8, 4) is 0 Å². The van der Waals surface area contributed by atoms with E-state index < -0.39 is 0 Å². The maximum absolute atomic E-state index is 0. The summed E-state index contributed by atoms with van der Waals surface area (Å²) in [6.45, 7) is 0. The molecule has 0 fully saturated rings. The standard InChI is InChI=1S/5Al.3As.3O/q5*+3;3*-3;3*-2. The van der Waals surface area contributed by atoms with E-state index in [9.17, 15) is 0 Å². The van der Waals surface area contributed by atoms with Crippen LogP contribution in [0, 0.1) is 0 Å². The molecule has 0 bridgehead atoms. The molecule has 3 nitrogen and oxygen atoms in total. The summed E-state index contributed by atoms with van der Waals surface area (Å²) in [6, 6.07) is 0. The second-order valence-corrected chi connectivity index (χ2v) is 0. The van der Waals surface area contributed by atoms with Gasteiger partial charge in [-0.3, -0.25) is 0 Å². The average molecular weight is 408 g/mol. The van der Waals surface area contributed by atoms with Crippen LogP contribution in [-0.2, 0) is 16.4 Å². The Labute approximate surface area is 154 Å². The van der Waals surface area contributed by atoms with Gasteiger partial charge in [-0.2, -0.15) is 0 Å².